The van der Waals surface area contributed by atoms with E-state index in [1.54, 1.807) is 42.5 Å². The molecular weight excluding hydrogens is 520 g/mol. The molecule has 3 aromatic carbocycles. The SMILES string of the molecule is COc1cccc(C2/C(=C(\O)c3ccc(OCC(C)C)c(C)c3)C(=O)C(=O)N2c2nc3cc(F)c(F)cc3[nH]2)c1. The molecule has 8 nitrogen and oxygen atoms in total. The van der Waals surface area contributed by atoms with Crippen molar-refractivity contribution in [2.45, 2.75) is 26.8 Å². The van der Waals surface area contributed by atoms with Crippen LogP contribution in [0, 0.1) is 24.5 Å². The lowest BCUT2D eigenvalue weighted by atomic mass is 9.94. The van der Waals surface area contributed by atoms with Crippen molar-refractivity contribution < 1.29 is 33.0 Å². The van der Waals surface area contributed by atoms with Crippen molar-refractivity contribution in [3.63, 3.8) is 0 Å². The standard InChI is InChI=1S/C30H27F2N3O5/c1-15(2)14-40-24-9-8-18(10-16(24)3)27(36)25-26(17-6-5-7-19(11-17)39-4)35(29(38)28(25)37)30-33-22-12-20(31)21(32)13-23(22)34-30/h5-13,15,26,36H,14H2,1-4H3,(H,33,34)/b27-25+. The van der Waals surface area contributed by atoms with Gasteiger partial charge >= 0.3 is 5.91 Å². The summed E-state index contributed by atoms with van der Waals surface area (Å²) in [4.78, 5) is 35.1. The molecule has 2 N–H and O–H groups in total. The number of aromatic amines is 1. The Balaban J connectivity index is 1.67. The van der Waals surface area contributed by atoms with Crippen LogP contribution in [0.3, 0.4) is 0 Å². The lowest BCUT2D eigenvalue weighted by Gasteiger charge is -2.23. The third-order valence-electron chi connectivity index (χ3n) is 6.61. The van der Waals surface area contributed by atoms with Crippen molar-refractivity contribution in [2.24, 2.45) is 5.92 Å². The zero-order valence-electron chi connectivity index (χ0n) is 22.3. The summed E-state index contributed by atoms with van der Waals surface area (Å²) in [5, 5.41) is 11.5. The first-order chi connectivity index (χ1) is 19.1. The van der Waals surface area contributed by atoms with Gasteiger partial charge in [-0.2, -0.15) is 0 Å². The van der Waals surface area contributed by atoms with Gasteiger partial charge in [0.05, 0.1) is 36.4 Å². The molecule has 2 heterocycles. The fourth-order valence-electron chi connectivity index (χ4n) is 4.65. The predicted molar refractivity (Wildman–Crippen MR) is 145 cm³/mol. The molecule has 1 amide bonds. The second-order valence-electron chi connectivity index (χ2n) is 9.97. The van der Waals surface area contributed by atoms with Crippen molar-refractivity contribution in [1.82, 2.24) is 9.97 Å². The number of fused-ring (bicyclic) bond motifs is 1. The minimum Gasteiger partial charge on any atom is -0.507 e. The van der Waals surface area contributed by atoms with Crippen LogP contribution in [0.2, 0.25) is 0 Å². The number of rotatable bonds is 7. The van der Waals surface area contributed by atoms with Gasteiger partial charge in [-0.1, -0.05) is 26.0 Å². The minimum atomic E-state index is -1.12. The molecule has 1 aromatic heterocycles. The second-order valence-corrected chi connectivity index (χ2v) is 9.97. The number of aliphatic hydroxyl groups is 1. The Morgan fingerprint density at radius 1 is 1.10 bits per heavy atom. The fourth-order valence-corrected chi connectivity index (χ4v) is 4.65. The van der Waals surface area contributed by atoms with Crippen molar-refractivity contribution in [3.05, 3.63) is 88.5 Å². The molecule has 0 bridgehead atoms. The second kappa shape index (κ2) is 10.4. The van der Waals surface area contributed by atoms with E-state index in [-0.39, 0.29) is 28.3 Å². The number of nitrogens with one attached hydrogen (secondary N) is 1. The number of carbonyl (C=O) groups is 2. The number of halogens is 2. The molecule has 10 heteroatoms. The smallest absolute Gasteiger partial charge is 0.302 e. The molecule has 5 rings (SSSR count). The lowest BCUT2D eigenvalue weighted by molar-refractivity contribution is -0.132. The molecule has 0 saturated carbocycles. The van der Waals surface area contributed by atoms with E-state index in [2.05, 4.69) is 9.97 Å². The molecule has 4 aromatic rings. The molecule has 1 fully saturated rings. The third-order valence-corrected chi connectivity index (χ3v) is 6.61. The largest absolute Gasteiger partial charge is 0.507 e. The number of hydrogen-bond donors (Lipinski definition) is 2. The van der Waals surface area contributed by atoms with Crippen LogP contribution in [-0.4, -0.2) is 40.5 Å². The predicted octanol–water partition coefficient (Wildman–Crippen LogP) is 5.82. The van der Waals surface area contributed by atoms with E-state index in [0.717, 1.165) is 22.6 Å². The Morgan fingerprint density at radius 2 is 1.85 bits per heavy atom. The van der Waals surface area contributed by atoms with E-state index in [0.29, 0.717) is 35.2 Å². The maximum Gasteiger partial charge on any atom is 0.302 e. The molecule has 40 heavy (non-hydrogen) atoms. The van der Waals surface area contributed by atoms with Gasteiger partial charge in [0.2, 0.25) is 5.95 Å². The van der Waals surface area contributed by atoms with E-state index in [1.807, 2.05) is 20.8 Å². The van der Waals surface area contributed by atoms with Gasteiger partial charge in [0.1, 0.15) is 17.3 Å². The highest BCUT2D eigenvalue weighted by molar-refractivity contribution is 6.51. The number of aryl methyl sites for hydroxylation is 1. The Morgan fingerprint density at radius 3 is 2.55 bits per heavy atom. The van der Waals surface area contributed by atoms with Crippen LogP contribution < -0.4 is 14.4 Å². The zero-order chi connectivity index (χ0) is 28.7. The highest BCUT2D eigenvalue weighted by Gasteiger charge is 2.48. The number of carbonyl (C=O) groups excluding carboxylic acids is 2. The first kappa shape index (κ1) is 26.9. The summed E-state index contributed by atoms with van der Waals surface area (Å²) >= 11 is 0. The number of aliphatic hydroxyl groups excluding tert-OH is 1. The van der Waals surface area contributed by atoms with Gasteiger partial charge in [-0.05, 0) is 54.3 Å². The summed E-state index contributed by atoms with van der Waals surface area (Å²) in [7, 11) is 1.48. The highest BCUT2D eigenvalue weighted by Crippen LogP contribution is 2.42. The summed E-state index contributed by atoms with van der Waals surface area (Å²) in [6.07, 6.45) is 0. The van der Waals surface area contributed by atoms with Crippen LogP contribution in [0.15, 0.2) is 60.2 Å². The number of nitrogens with zero attached hydrogens (tertiary/aromatic N) is 2. The molecular formula is C30H27F2N3O5. The summed E-state index contributed by atoms with van der Waals surface area (Å²) in [6.45, 7) is 6.39. The first-order valence-corrected chi connectivity index (χ1v) is 12.6. The van der Waals surface area contributed by atoms with Gasteiger partial charge in [-0.15, -0.1) is 0 Å². The average Bonchev–Trinajstić information content (AvgIpc) is 3.44. The summed E-state index contributed by atoms with van der Waals surface area (Å²) in [5.41, 5.74) is 1.52. The summed E-state index contributed by atoms with van der Waals surface area (Å²) in [5.74, 6) is -3.20. The average molecular weight is 548 g/mol. The number of ketones is 1. The van der Waals surface area contributed by atoms with Crippen LogP contribution in [-0.2, 0) is 9.59 Å². The molecule has 1 aliphatic rings. The Bertz CT molecular complexity index is 1640. The van der Waals surface area contributed by atoms with Crippen LogP contribution in [0.1, 0.15) is 36.6 Å². The van der Waals surface area contributed by atoms with E-state index >= 15 is 0 Å². The Labute approximate surface area is 228 Å². The number of aromatic nitrogens is 2. The number of Topliss-reactive ketones (excluding diaryl/α,β-unsaturated/α-hetero) is 1. The van der Waals surface area contributed by atoms with Gasteiger partial charge in [0, 0.05) is 17.7 Å². The summed E-state index contributed by atoms with van der Waals surface area (Å²) in [6, 6.07) is 12.4. The number of benzene rings is 3. The molecule has 1 unspecified atom stereocenters. The molecule has 1 saturated heterocycles. The number of imidazole rings is 1. The van der Waals surface area contributed by atoms with E-state index in [1.165, 1.54) is 7.11 Å². The van der Waals surface area contributed by atoms with Gasteiger partial charge in [-0.3, -0.25) is 14.5 Å². The molecule has 0 spiro atoms. The zero-order valence-corrected chi connectivity index (χ0v) is 22.3. The molecule has 206 valence electrons. The van der Waals surface area contributed by atoms with E-state index in [4.69, 9.17) is 9.47 Å². The van der Waals surface area contributed by atoms with Crippen molar-refractivity contribution >= 4 is 34.4 Å². The number of ether oxygens (including phenoxy) is 2. The van der Waals surface area contributed by atoms with E-state index in [9.17, 15) is 23.5 Å². The third kappa shape index (κ3) is 4.76. The van der Waals surface area contributed by atoms with Crippen LogP contribution in [0.25, 0.3) is 16.8 Å². The Hall–Kier alpha value is -4.73. The number of hydrogen-bond acceptors (Lipinski definition) is 6. The van der Waals surface area contributed by atoms with Gasteiger partial charge in [0.25, 0.3) is 5.78 Å². The van der Waals surface area contributed by atoms with Crippen LogP contribution >= 0.6 is 0 Å². The molecule has 1 aliphatic heterocycles. The normalized spacial score (nSPS) is 16.8. The van der Waals surface area contributed by atoms with Gasteiger partial charge in [0.15, 0.2) is 11.6 Å². The van der Waals surface area contributed by atoms with Gasteiger partial charge in [-0.25, -0.2) is 13.8 Å². The quantitative estimate of drug-likeness (QED) is 0.172. The van der Waals surface area contributed by atoms with Crippen molar-refractivity contribution in [2.75, 3.05) is 18.6 Å². The molecule has 0 aliphatic carbocycles. The van der Waals surface area contributed by atoms with E-state index < -0.39 is 29.4 Å². The van der Waals surface area contributed by atoms with Crippen molar-refractivity contribution in [1.29, 1.82) is 0 Å². The van der Waals surface area contributed by atoms with Crippen LogP contribution in [0.4, 0.5) is 14.7 Å². The minimum absolute atomic E-state index is 0.0628. The highest BCUT2D eigenvalue weighted by atomic mass is 19.2. The van der Waals surface area contributed by atoms with Crippen LogP contribution in [0.5, 0.6) is 11.5 Å². The van der Waals surface area contributed by atoms with Crippen molar-refractivity contribution in [3.8, 4) is 11.5 Å². The molecule has 0 radical (unpaired) electrons. The maximum absolute atomic E-state index is 13.9. The lowest BCUT2D eigenvalue weighted by Crippen LogP contribution is -2.30. The number of anilines is 1. The fraction of sp³-hybridized carbons (Fsp3) is 0.233. The monoisotopic (exact) mass is 547 g/mol. The number of H-pyrrole nitrogens is 1. The maximum atomic E-state index is 13.9. The number of methoxy groups -OCH3 is 1. The Kier molecular flexibility index (Phi) is 7.01. The molecule has 1 atom stereocenters. The first-order valence-electron chi connectivity index (χ1n) is 12.6. The number of amides is 1. The topological polar surface area (TPSA) is 105 Å². The van der Waals surface area contributed by atoms with Gasteiger partial charge < -0.3 is 19.6 Å². The summed E-state index contributed by atoms with van der Waals surface area (Å²) < 4.78 is 38.9.